The van der Waals surface area contributed by atoms with Crippen LogP contribution in [0.2, 0.25) is 0 Å². The van der Waals surface area contributed by atoms with Gasteiger partial charge < -0.3 is 10.2 Å². The van der Waals surface area contributed by atoms with Crippen molar-refractivity contribution in [2.75, 3.05) is 12.4 Å². The van der Waals surface area contributed by atoms with Gasteiger partial charge in [0.25, 0.3) is 0 Å². The molecule has 3 atom stereocenters. The average Bonchev–Trinajstić information content (AvgIpc) is 2.29. The van der Waals surface area contributed by atoms with Gasteiger partial charge in [-0.05, 0) is 37.4 Å². The van der Waals surface area contributed by atoms with Crippen molar-refractivity contribution in [1.29, 1.82) is 0 Å². The number of rotatable bonds is 6. The van der Waals surface area contributed by atoms with Crippen molar-refractivity contribution in [3.05, 3.63) is 0 Å². The van der Waals surface area contributed by atoms with E-state index in [0.717, 1.165) is 37.9 Å². The Morgan fingerprint density at radius 1 is 1.44 bits per heavy atom. The van der Waals surface area contributed by atoms with Gasteiger partial charge in [0.2, 0.25) is 0 Å². The predicted octanol–water partition coefficient (Wildman–Crippen LogP) is 2.38. The number of hydrogen-bond acceptors (Lipinski definition) is 3. The van der Waals surface area contributed by atoms with Crippen LogP contribution >= 0.6 is 11.8 Å². The third-order valence-corrected chi connectivity index (χ3v) is 4.90. The zero-order chi connectivity index (χ0) is 12.0. The van der Waals surface area contributed by atoms with Crippen LogP contribution in [0.15, 0.2) is 0 Å². The Morgan fingerprint density at radius 2 is 2.19 bits per heavy atom. The highest BCUT2D eigenvalue weighted by molar-refractivity contribution is 7.99. The maximum Gasteiger partial charge on any atom is 0.307 e. The summed E-state index contributed by atoms with van der Waals surface area (Å²) in [7, 11) is 0. The molecule has 0 aliphatic heterocycles. The molecule has 16 heavy (non-hydrogen) atoms. The second kappa shape index (κ2) is 7.17. The van der Waals surface area contributed by atoms with Crippen molar-refractivity contribution in [1.82, 2.24) is 0 Å². The van der Waals surface area contributed by atoms with E-state index in [1.165, 1.54) is 0 Å². The lowest BCUT2D eigenvalue weighted by Crippen LogP contribution is -2.33. The van der Waals surface area contributed by atoms with Crippen LogP contribution < -0.4 is 0 Å². The van der Waals surface area contributed by atoms with Gasteiger partial charge in [0.15, 0.2) is 0 Å². The Bertz CT molecular complexity index is 220. The van der Waals surface area contributed by atoms with Crippen LogP contribution in [0.1, 0.15) is 39.0 Å². The van der Waals surface area contributed by atoms with Crippen molar-refractivity contribution in [3.8, 4) is 0 Å². The van der Waals surface area contributed by atoms with Crippen molar-refractivity contribution >= 4 is 17.7 Å². The highest BCUT2D eigenvalue weighted by Gasteiger charge is 2.34. The molecule has 1 saturated carbocycles. The van der Waals surface area contributed by atoms with Gasteiger partial charge in [-0.1, -0.05) is 13.3 Å². The molecule has 0 aromatic carbocycles. The SMILES string of the molecule is CCC1CCC(C(=O)O)C(SCCCO)C1. The first-order valence-corrected chi connectivity index (χ1v) is 7.19. The van der Waals surface area contributed by atoms with E-state index in [2.05, 4.69) is 6.92 Å². The fourth-order valence-electron chi connectivity index (χ4n) is 2.35. The summed E-state index contributed by atoms with van der Waals surface area (Å²) in [4.78, 5) is 11.1. The first kappa shape index (κ1) is 13.8. The monoisotopic (exact) mass is 246 g/mol. The molecule has 3 unspecified atom stereocenters. The maximum atomic E-state index is 11.1. The normalized spacial score (nSPS) is 30.2. The summed E-state index contributed by atoms with van der Waals surface area (Å²) in [5.74, 6) is 0.756. The van der Waals surface area contributed by atoms with E-state index in [1.807, 2.05) is 0 Å². The molecule has 1 aliphatic rings. The van der Waals surface area contributed by atoms with E-state index in [-0.39, 0.29) is 17.8 Å². The van der Waals surface area contributed by atoms with E-state index in [4.69, 9.17) is 10.2 Å². The van der Waals surface area contributed by atoms with Crippen molar-refractivity contribution in [3.63, 3.8) is 0 Å². The molecule has 0 spiro atoms. The van der Waals surface area contributed by atoms with Gasteiger partial charge in [-0.25, -0.2) is 0 Å². The number of aliphatic hydroxyl groups is 1. The number of thioether (sulfide) groups is 1. The topological polar surface area (TPSA) is 57.5 Å². The van der Waals surface area contributed by atoms with Gasteiger partial charge >= 0.3 is 5.97 Å². The fraction of sp³-hybridized carbons (Fsp3) is 0.917. The van der Waals surface area contributed by atoms with Gasteiger partial charge in [0.1, 0.15) is 0 Å². The largest absolute Gasteiger partial charge is 0.481 e. The minimum Gasteiger partial charge on any atom is -0.481 e. The number of carboxylic acids is 1. The van der Waals surface area contributed by atoms with Crippen LogP contribution in [0.4, 0.5) is 0 Å². The third-order valence-electron chi connectivity index (χ3n) is 3.43. The molecule has 4 heteroatoms. The molecular weight excluding hydrogens is 224 g/mol. The van der Waals surface area contributed by atoms with Crippen LogP contribution in [0, 0.1) is 11.8 Å². The Hall–Kier alpha value is -0.220. The highest BCUT2D eigenvalue weighted by Crippen LogP contribution is 2.38. The Kier molecular flexibility index (Phi) is 6.21. The third kappa shape index (κ3) is 3.98. The molecule has 0 radical (unpaired) electrons. The number of aliphatic carboxylic acids is 1. The number of carboxylic acid groups (broad SMARTS) is 1. The van der Waals surface area contributed by atoms with Gasteiger partial charge in [0, 0.05) is 11.9 Å². The molecule has 0 aromatic heterocycles. The first-order valence-electron chi connectivity index (χ1n) is 6.14. The number of aliphatic hydroxyl groups excluding tert-OH is 1. The van der Waals surface area contributed by atoms with E-state index in [9.17, 15) is 4.79 Å². The predicted molar refractivity (Wildman–Crippen MR) is 66.7 cm³/mol. The maximum absolute atomic E-state index is 11.1. The van der Waals surface area contributed by atoms with Crippen LogP contribution in [-0.2, 0) is 4.79 Å². The highest BCUT2D eigenvalue weighted by atomic mass is 32.2. The number of carbonyl (C=O) groups is 1. The van der Waals surface area contributed by atoms with E-state index < -0.39 is 5.97 Å². The lowest BCUT2D eigenvalue weighted by molar-refractivity contribution is -0.142. The summed E-state index contributed by atoms with van der Waals surface area (Å²) >= 11 is 1.74. The minimum atomic E-state index is -0.643. The van der Waals surface area contributed by atoms with Gasteiger partial charge in [0.05, 0.1) is 5.92 Å². The molecule has 0 heterocycles. The van der Waals surface area contributed by atoms with E-state index >= 15 is 0 Å². The summed E-state index contributed by atoms with van der Waals surface area (Å²) < 4.78 is 0. The summed E-state index contributed by atoms with van der Waals surface area (Å²) in [6, 6.07) is 0. The molecule has 0 bridgehead atoms. The minimum absolute atomic E-state index is 0.175. The standard InChI is InChI=1S/C12H22O3S/c1-2-9-4-5-10(12(14)15)11(8-9)16-7-3-6-13/h9-11,13H,2-8H2,1H3,(H,14,15). The van der Waals surface area contributed by atoms with E-state index in [1.54, 1.807) is 11.8 Å². The lowest BCUT2D eigenvalue weighted by atomic mass is 9.80. The molecule has 1 rings (SSSR count). The molecule has 0 saturated heterocycles. The van der Waals surface area contributed by atoms with Crippen LogP contribution in [0.5, 0.6) is 0 Å². The Balaban J connectivity index is 2.46. The summed E-state index contributed by atoms with van der Waals surface area (Å²) in [5, 5.41) is 18.2. The molecule has 1 fully saturated rings. The van der Waals surface area contributed by atoms with Crippen molar-refractivity contribution in [2.45, 2.75) is 44.3 Å². The summed E-state index contributed by atoms with van der Waals surface area (Å²) in [5.41, 5.74) is 0. The van der Waals surface area contributed by atoms with Gasteiger partial charge in [-0.2, -0.15) is 11.8 Å². The molecular formula is C12H22O3S. The molecule has 94 valence electrons. The van der Waals surface area contributed by atoms with Crippen LogP contribution in [-0.4, -0.2) is 33.8 Å². The van der Waals surface area contributed by atoms with Gasteiger partial charge in [-0.3, -0.25) is 4.79 Å². The van der Waals surface area contributed by atoms with Crippen LogP contribution in [0.3, 0.4) is 0 Å². The second-order valence-electron chi connectivity index (χ2n) is 4.52. The zero-order valence-corrected chi connectivity index (χ0v) is 10.7. The van der Waals surface area contributed by atoms with Crippen molar-refractivity contribution < 1.29 is 15.0 Å². The molecule has 2 N–H and O–H groups in total. The fourth-order valence-corrected chi connectivity index (χ4v) is 3.84. The Morgan fingerprint density at radius 3 is 2.75 bits per heavy atom. The molecule has 1 aliphatic carbocycles. The zero-order valence-electron chi connectivity index (χ0n) is 9.89. The Labute approximate surface area is 102 Å². The lowest BCUT2D eigenvalue weighted by Gasteiger charge is -2.33. The smallest absolute Gasteiger partial charge is 0.307 e. The number of hydrogen-bond donors (Lipinski definition) is 2. The quantitative estimate of drug-likeness (QED) is 0.706. The summed E-state index contributed by atoms with van der Waals surface area (Å²) in [6.45, 7) is 2.38. The molecule has 0 aromatic rings. The van der Waals surface area contributed by atoms with Crippen LogP contribution in [0.25, 0.3) is 0 Å². The van der Waals surface area contributed by atoms with E-state index in [0.29, 0.717) is 5.92 Å². The van der Waals surface area contributed by atoms with Gasteiger partial charge in [-0.15, -0.1) is 0 Å². The second-order valence-corrected chi connectivity index (χ2v) is 5.87. The molecule has 3 nitrogen and oxygen atoms in total. The average molecular weight is 246 g/mol. The first-order chi connectivity index (χ1) is 7.69. The molecule has 0 amide bonds. The van der Waals surface area contributed by atoms with Crippen molar-refractivity contribution in [2.24, 2.45) is 11.8 Å². The summed E-state index contributed by atoms with van der Waals surface area (Å²) in [6.07, 6.45) is 4.84.